The van der Waals surface area contributed by atoms with Crippen LogP contribution in [0.3, 0.4) is 0 Å². The average Bonchev–Trinajstić information content (AvgIpc) is 2.67. The van der Waals surface area contributed by atoms with Gasteiger partial charge in [0, 0.05) is 23.4 Å². The Morgan fingerprint density at radius 3 is 2.50 bits per heavy atom. The van der Waals surface area contributed by atoms with E-state index in [0.717, 1.165) is 11.8 Å². The Bertz CT molecular complexity index is 986. The number of hydrogen-bond acceptors (Lipinski definition) is 5. The largest absolute Gasteiger partial charge is 0.325 e. The molecule has 0 aliphatic carbocycles. The number of ketones is 1. The van der Waals surface area contributed by atoms with Gasteiger partial charge < -0.3 is 10.3 Å². The lowest BCUT2D eigenvalue weighted by molar-refractivity contribution is -0.113. The Hall–Kier alpha value is -3.19. The summed E-state index contributed by atoms with van der Waals surface area (Å²) in [5.74, 6) is -0.404. The molecular weight excluding hydrogens is 350 g/mol. The highest BCUT2D eigenvalue weighted by Gasteiger charge is 2.15. The SMILES string of the molecule is O=C(CSc1nccc(=O)[nH]1)Nc1ccccc1C(=O)c1ccccc1. The molecule has 2 aromatic carbocycles. The Morgan fingerprint density at radius 1 is 1.00 bits per heavy atom. The molecule has 0 saturated heterocycles. The fraction of sp³-hybridized carbons (Fsp3) is 0.0526. The molecule has 3 aromatic rings. The van der Waals surface area contributed by atoms with Crippen LogP contribution in [0.15, 0.2) is 76.8 Å². The van der Waals surface area contributed by atoms with Gasteiger partial charge in [-0.15, -0.1) is 0 Å². The van der Waals surface area contributed by atoms with Crippen molar-refractivity contribution in [2.24, 2.45) is 0 Å². The van der Waals surface area contributed by atoms with E-state index in [1.54, 1.807) is 48.5 Å². The van der Waals surface area contributed by atoms with Crippen molar-refractivity contribution in [3.63, 3.8) is 0 Å². The van der Waals surface area contributed by atoms with Crippen molar-refractivity contribution in [2.45, 2.75) is 5.16 Å². The Balaban J connectivity index is 1.71. The molecule has 3 rings (SSSR count). The van der Waals surface area contributed by atoms with Gasteiger partial charge in [-0.1, -0.05) is 54.2 Å². The van der Waals surface area contributed by atoms with Crippen LogP contribution in [0.2, 0.25) is 0 Å². The molecular formula is C19H15N3O3S. The summed E-state index contributed by atoms with van der Waals surface area (Å²) in [5.41, 5.74) is 1.14. The van der Waals surface area contributed by atoms with Crippen LogP contribution in [-0.4, -0.2) is 27.4 Å². The number of rotatable bonds is 6. The highest BCUT2D eigenvalue weighted by Crippen LogP contribution is 2.20. The lowest BCUT2D eigenvalue weighted by Gasteiger charge is -2.10. The maximum absolute atomic E-state index is 12.7. The van der Waals surface area contributed by atoms with E-state index in [1.807, 2.05) is 6.07 Å². The van der Waals surface area contributed by atoms with Crippen molar-refractivity contribution >= 4 is 29.1 Å². The van der Waals surface area contributed by atoms with Gasteiger partial charge >= 0.3 is 0 Å². The topological polar surface area (TPSA) is 91.9 Å². The minimum Gasteiger partial charge on any atom is -0.325 e. The van der Waals surface area contributed by atoms with E-state index >= 15 is 0 Å². The summed E-state index contributed by atoms with van der Waals surface area (Å²) in [6, 6.07) is 17.0. The maximum atomic E-state index is 12.7. The molecule has 0 aliphatic rings. The number of anilines is 1. The standard InChI is InChI=1S/C19H15N3O3S/c23-16-10-11-20-19(22-16)26-12-17(24)21-15-9-5-4-8-14(15)18(25)13-6-2-1-3-7-13/h1-11H,12H2,(H,21,24)(H,20,22,23). The summed E-state index contributed by atoms with van der Waals surface area (Å²) in [6.45, 7) is 0. The van der Waals surface area contributed by atoms with Gasteiger partial charge in [0.15, 0.2) is 10.9 Å². The van der Waals surface area contributed by atoms with Crippen molar-refractivity contribution in [3.8, 4) is 0 Å². The summed E-state index contributed by atoms with van der Waals surface area (Å²) in [6.07, 6.45) is 1.38. The zero-order valence-electron chi connectivity index (χ0n) is 13.6. The van der Waals surface area contributed by atoms with Gasteiger partial charge in [-0.25, -0.2) is 4.98 Å². The monoisotopic (exact) mass is 365 g/mol. The number of aromatic nitrogens is 2. The number of carbonyl (C=O) groups is 2. The number of thioether (sulfide) groups is 1. The van der Waals surface area contributed by atoms with Gasteiger partial charge in [-0.2, -0.15) is 0 Å². The molecule has 1 aromatic heterocycles. The van der Waals surface area contributed by atoms with E-state index in [2.05, 4.69) is 15.3 Å². The predicted molar refractivity (Wildman–Crippen MR) is 101 cm³/mol. The Morgan fingerprint density at radius 2 is 1.73 bits per heavy atom. The second-order valence-corrected chi connectivity index (χ2v) is 6.28. The third-order valence-corrected chi connectivity index (χ3v) is 4.36. The lowest BCUT2D eigenvalue weighted by Crippen LogP contribution is -2.17. The molecule has 6 nitrogen and oxygen atoms in total. The van der Waals surface area contributed by atoms with E-state index in [4.69, 9.17) is 0 Å². The minimum absolute atomic E-state index is 0.0564. The fourth-order valence-corrected chi connectivity index (χ4v) is 2.93. The first-order valence-corrected chi connectivity index (χ1v) is 8.79. The molecule has 0 fully saturated rings. The second kappa shape index (κ2) is 8.26. The molecule has 26 heavy (non-hydrogen) atoms. The first-order chi connectivity index (χ1) is 12.6. The number of hydrogen-bond donors (Lipinski definition) is 2. The van der Waals surface area contributed by atoms with Crippen LogP contribution in [-0.2, 0) is 4.79 Å². The molecule has 0 radical (unpaired) electrons. The van der Waals surface area contributed by atoms with Crippen LogP contribution in [0.25, 0.3) is 0 Å². The summed E-state index contributed by atoms with van der Waals surface area (Å²) in [5, 5.41) is 3.11. The van der Waals surface area contributed by atoms with E-state index in [0.29, 0.717) is 22.0 Å². The van der Waals surface area contributed by atoms with Crippen molar-refractivity contribution in [1.29, 1.82) is 0 Å². The van der Waals surface area contributed by atoms with E-state index in [9.17, 15) is 14.4 Å². The molecule has 0 atom stereocenters. The van der Waals surface area contributed by atoms with Crippen LogP contribution < -0.4 is 10.9 Å². The zero-order chi connectivity index (χ0) is 18.4. The normalized spacial score (nSPS) is 10.3. The van der Waals surface area contributed by atoms with Gasteiger partial charge in [0.25, 0.3) is 5.56 Å². The molecule has 130 valence electrons. The predicted octanol–water partition coefficient (Wildman–Crippen LogP) is 2.73. The molecule has 1 amide bonds. The molecule has 0 spiro atoms. The lowest BCUT2D eigenvalue weighted by atomic mass is 10.0. The van der Waals surface area contributed by atoms with Crippen LogP contribution in [0, 0.1) is 0 Å². The van der Waals surface area contributed by atoms with Crippen LogP contribution in [0.1, 0.15) is 15.9 Å². The van der Waals surface area contributed by atoms with Crippen LogP contribution >= 0.6 is 11.8 Å². The third-order valence-electron chi connectivity index (χ3n) is 3.47. The smallest absolute Gasteiger partial charge is 0.251 e. The average molecular weight is 365 g/mol. The van der Waals surface area contributed by atoms with Gasteiger partial charge in [-0.3, -0.25) is 14.4 Å². The number of para-hydroxylation sites is 1. The Labute approximate surface area is 153 Å². The highest BCUT2D eigenvalue weighted by atomic mass is 32.2. The van der Waals surface area contributed by atoms with Crippen LogP contribution in [0.4, 0.5) is 5.69 Å². The van der Waals surface area contributed by atoms with Crippen molar-refractivity contribution in [1.82, 2.24) is 9.97 Å². The number of nitrogens with one attached hydrogen (secondary N) is 2. The van der Waals surface area contributed by atoms with Crippen molar-refractivity contribution < 1.29 is 9.59 Å². The van der Waals surface area contributed by atoms with Crippen molar-refractivity contribution in [3.05, 3.63) is 88.3 Å². The van der Waals surface area contributed by atoms with E-state index in [-0.39, 0.29) is 23.0 Å². The molecule has 1 heterocycles. The van der Waals surface area contributed by atoms with E-state index < -0.39 is 0 Å². The quantitative estimate of drug-likeness (QED) is 0.398. The van der Waals surface area contributed by atoms with Gasteiger partial charge in [0.05, 0.1) is 11.4 Å². The number of benzene rings is 2. The summed E-state index contributed by atoms with van der Waals surface area (Å²) in [4.78, 5) is 42.6. The maximum Gasteiger partial charge on any atom is 0.251 e. The number of H-pyrrole nitrogens is 1. The number of amides is 1. The van der Waals surface area contributed by atoms with E-state index in [1.165, 1.54) is 12.3 Å². The van der Waals surface area contributed by atoms with Crippen LogP contribution in [0.5, 0.6) is 0 Å². The zero-order valence-corrected chi connectivity index (χ0v) is 14.5. The molecule has 0 aliphatic heterocycles. The minimum atomic E-state index is -0.296. The molecule has 7 heteroatoms. The second-order valence-electron chi connectivity index (χ2n) is 5.32. The fourth-order valence-electron chi connectivity index (χ4n) is 2.28. The first kappa shape index (κ1) is 17.6. The highest BCUT2D eigenvalue weighted by molar-refractivity contribution is 7.99. The molecule has 0 saturated carbocycles. The third kappa shape index (κ3) is 4.46. The number of aromatic amines is 1. The Kier molecular flexibility index (Phi) is 5.60. The first-order valence-electron chi connectivity index (χ1n) is 7.80. The molecule has 0 bridgehead atoms. The molecule has 0 unspecified atom stereocenters. The summed E-state index contributed by atoms with van der Waals surface area (Å²) in [7, 11) is 0. The van der Waals surface area contributed by atoms with Gasteiger partial charge in [0.2, 0.25) is 5.91 Å². The van der Waals surface area contributed by atoms with Crippen molar-refractivity contribution in [2.75, 3.05) is 11.1 Å². The number of carbonyl (C=O) groups excluding carboxylic acids is 2. The van der Waals surface area contributed by atoms with Gasteiger partial charge in [-0.05, 0) is 12.1 Å². The molecule has 2 N–H and O–H groups in total. The van der Waals surface area contributed by atoms with Gasteiger partial charge in [0.1, 0.15) is 0 Å². The number of nitrogens with zero attached hydrogens (tertiary/aromatic N) is 1. The summed E-state index contributed by atoms with van der Waals surface area (Å²) < 4.78 is 0. The summed E-state index contributed by atoms with van der Waals surface area (Å²) >= 11 is 1.11.